The molecule has 2 aliphatic rings. The summed E-state index contributed by atoms with van der Waals surface area (Å²) in [6.07, 6.45) is 3.00. The van der Waals surface area contributed by atoms with E-state index in [4.69, 9.17) is 16.7 Å². The summed E-state index contributed by atoms with van der Waals surface area (Å²) in [5.74, 6) is -0.358. The van der Waals surface area contributed by atoms with E-state index in [9.17, 15) is 9.59 Å². The number of aromatic amines is 1. The fourth-order valence-corrected chi connectivity index (χ4v) is 4.85. The molecule has 9 nitrogen and oxygen atoms in total. The molecule has 3 heterocycles. The standard InChI is InChI=1S/C22H23ClN6O3/c23-16-5-2-1-4-15(16)22(6-3-7-22)17-10-18-26-13(8-19(30)29(18)28-17)11-24-21-25-12-14(27-21)9-20(31)32/h1-2,4-5,8,10,14,28H,3,6-7,9,11-12H2,(H,31,32)(H2,24,25,27). The Kier molecular flexibility index (Phi) is 5.13. The van der Waals surface area contributed by atoms with Gasteiger partial charge >= 0.3 is 5.97 Å². The lowest BCUT2D eigenvalue weighted by Crippen LogP contribution is -2.39. The monoisotopic (exact) mass is 454 g/mol. The average Bonchev–Trinajstić information content (AvgIpc) is 3.34. The van der Waals surface area contributed by atoms with Crippen LogP contribution in [0.1, 0.15) is 42.6 Å². The molecule has 4 N–H and O–H groups in total. The van der Waals surface area contributed by atoms with Crippen LogP contribution in [0, 0.1) is 0 Å². The van der Waals surface area contributed by atoms with Gasteiger partial charge in [-0.15, -0.1) is 0 Å². The van der Waals surface area contributed by atoms with E-state index in [-0.39, 0.29) is 23.4 Å². The number of aliphatic imine (C=N–C) groups is 1. The maximum atomic E-state index is 12.7. The summed E-state index contributed by atoms with van der Waals surface area (Å²) < 4.78 is 1.46. The summed E-state index contributed by atoms with van der Waals surface area (Å²) >= 11 is 6.51. The van der Waals surface area contributed by atoms with Crippen molar-refractivity contribution in [3.8, 4) is 0 Å². The van der Waals surface area contributed by atoms with E-state index in [2.05, 4.69) is 25.7 Å². The minimum atomic E-state index is -0.872. The van der Waals surface area contributed by atoms with E-state index >= 15 is 0 Å². The molecule has 1 saturated carbocycles. The number of rotatable bonds is 6. The van der Waals surface area contributed by atoms with Crippen molar-refractivity contribution in [2.24, 2.45) is 4.99 Å². The van der Waals surface area contributed by atoms with Crippen molar-refractivity contribution in [1.82, 2.24) is 25.2 Å². The lowest BCUT2D eigenvalue weighted by molar-refractivity contribution is -0.137. The SMILES string of the molecule is O=C(O)CC1CN=C(NCc2cc(=O)n3[nH]c(C4(c5ccccc5Cl)CCC4)cc3n2)N1. The second kappa shape index (κ2) is 7.98. The third-order valence-electron chi connectivity index (χ3n) is 6.28. The zero-order chi connectivity index (χ0) is 22.3. The molecule has 2 aromatic heterocycles. The molecule has 32 heavy (non-hydrogen) atoms. The van der Waals surface area contributed by atoms with Crippen LogP contribution >= 0.6 is 11.6 Å². The Balaban J connectivity index is 1.38. The largest absolute Gasteiger partial charge is 0.481 e. The van der Waals surface area contributed by atoms with Crippen molar-refractivity contribution < 1.29 is 9.90 Å². The quantitative estimate of drug-likeness (QED) is 0.452. The number of hydrogen-bond acceptors (Lipinski definition) is 6. The Morgan fingerprint density at radius 1 is 1.31 bits per heavy atom. The topological polar surface area (TPSA) is 124 Å². The van der Waals surface area contributed by atoms with Gasteiger partial charge in [-0.2, -0.15) is 0 Å². The van der Waals surface area contributed by atoms with Gasteiger partial charge in [-0.05, 0) is 24.5 Å². The van der Waals surface area contributed by atoms with Crippen LogP contribution in [0.15, 0.2) is 46.2 Å². The van der Waals surface area contributed by atoms with E-state index in [0.29, 0.717) is 30.4 Å². The second-order valence-electron chi connectivity index (χ2n) is 8.35. The van der Waals surface area contributed by atoms with Gasteiger partial charge in [-0.1, -0.05) is 36.2 Å². The van der Waals surface area contributed by atoms with Crippen LogP contribution in [0.4, 0.5) is 0 Å². The first kappa shape index (κ1) is 20.6. The highest BCUT2D eigenvalue weighted by Crippen LogP contribution is 2.50. The number of aliphatic carboxylic acids is 1. The van der Waals surface area contributed by atoms with Gasteiger partial charge in [0.25, 0.3) is 5.56 Å². The molecule has 3 aromatic rings. The summed E-state index contributed by atoms with van der Waals surface area (Å²) in [7, 11) is 0. The molecule has 0 amide bonds. The summed E-state index contributed by atoms with van der Waals surface area (Å²) in [5, 5.41) is 19.0. The van der Waals surface area contributed by atoms with Crippen LogP contribution in [0.25, 0.3) is 5.65 Å². The first-order valence-electron chi connectivity index (χ1n) is 10.6. The van der Waals surface area contributed by atoms with Crippen molar-refractivity contribution >= 4 is 29.2 Å². The van der Waals surface area contributed by atoms with Gasteiger partial charge in [-0.25, -0.2) is 9.50 Å². The number of aromatic nitrogens is 3. The summed E-state index contributed by atoms with van der Waals surface area (Å²) in [4.78, 5) is 32.5. The molecule has 0 bridgehead atoms. The van der Waals surface area contributed by atoms with Crippen molar-refractivity contribution in [2.75, 3.05) is 6.54 Å². The highest BCUT2D eigenvalue weighted by atomic mass is 35.5. The van der Waals surface area contributed by atoms with Gasteiger partial charge in [0.05, 0.1) is 31.2 Å². The molecule has 1 aliphatic carbocycles. The third kappa shape index (κ3) is 3.62. The molecule has 0 saturated heterocycles. The molecule has 10 heteroatoms. The number of H-pyrrole nitrogens is 1. The first-order valence-corrected chi connectivity index (χ1v) is 11.0. The number of carbonyl (C=O) groups is 1. The molecule has 1 atom stereocenters. The number of nitrogens with one attached hydrogen (secondary N) is 3. The molecule has 0 spiro atoms. The molecule has 1 aromatic carbocycles. The molecule has 166 valence electrons. The third-order valence-corrected chi connectivity index (χ3v) is 6.61. The number of benzene rings is 1. The average molecular weight is 455 g/mol. The van der Waals surface area contributed by atoms with Gasteiger partial charge in [0.1, 0.15) is 0 Å². The van der Waals surface area contributed by atoms with E-state index in [1.807, 2.05) is 30.3 Å². The van der Waals surface area contributed by atoms with Gasteiger partial charge in [0.2, 0.25) is 0 Å². The van der Waals surface area contributed by atoms with Gasteiger partial charge in [-0.3, -0.25) is 19.7 Å². The molecule has 1 fully saturated rings. The van der Waals surface area contributed by atoms with Crippen molar-refractivity contribution in [1.29, 1.82) is 0 Å². The maximum Gasteiger partial charge on any atom is 0.305 e. The summed E-state index contributed by atoms with van der Waals surface area (Å²) in [5.41, 5.74) is 2.69. The number of nitrogens with zero attached hydrogens (tertiary/aromatic N) is 3. The fourth-order valence-electron chi connectivity index (χ4n) is 4.53. The minimum Gasteiger partial charge on any atom is -0.481 e. The molecule has 1 unspecified atom stereocenters. The summed E-state index contributed by atoms with van der Waals surface area (Å²) in [6.45, 7) is 0.697. The second-order valence-corrected chi connectivity index (χ2v) is 8.75. The van der Waals surface area contributed by atoms with Gasteiger partial charge in [0.15, 0.2) is 11.6 Å². The highest BCUT2D eigenvalue weighted by Gasteiger charge is 2.43. The van der Waals surface area contributed by atoms with Gasteiger partial charge in [0, 0.05) is 28.3 Å². The molecule has 1 aliphatic heterocycles. The van der Waals surface area contributed by atoms with Gasteiger partial charge < -0.3 is 15.7 Å². The lowest BCUT2D eigenvalue weighted by Gasteiger charge is -2.42. The number of hydrogen-bond donors (Lipinski definition) is 4. The Morgan fingerprint density at radius 2 is 2.12 bits per heavy atom. The normalized spacial score (nSPS) is 19.3. The van der Waals surface area contributed by atoms with Crippen LogP contribution in [-0.4, -0.2) is 44.2 Å². The Bertz CT molecular complexity index is 1280. The fraction of sp³-hybridized carbons (Fsp3) is 0.364. The Hall–Kier alpha value is -3.33. The van der Waals surface area contributed by atoms with Crippen molar-refractivity contribution in [3.05, 3.63) is 68.7 Å². The zero-order valence-corrected chi connectivity index (χ0v) is 18.0. The minimum absolute atomic E-state index is 0.000451. The van der Waals surface area contributed by atoms with Crippen LogP contribution < -0.4 is 16.2 Å². The Labute approximate surface area is 188 Å². The number of fused-ring (bicyclic) bond motifs is 1. The molecule has 0 radical (unpaired) electrons. The predicted octanol–water partition coefficient (Wildman–Crippen LogP) is 2.04. The molecular weight excluding hydrogens is 432 g/mol. The summed E-state index contributed by atoms with van der Waals surface area (Å²) in [6, 6.07) is 11.0. The molecule has 5 rings (SSSR count). The zero-order valence-electron chi connectivity index (χ0n) is 17.3. The van der Waals surface area contributed by atoms with Crippen molar-refractivity contribution in [2.45, 2.75) is 43.7 Å². The van der Waals surface area contributed by atoms with Crippen LogP contribution in [-0.2, 0) is 16.8 Å². The van der Waals surface area contributed by atoms with E-state index in [1.165, 1.54) is 10.6 Å². The molecular formula is C22H23ClN6O3. The number of carboxylic acid groups (broad SMARTS) is 1. The van der Waals surface area contributed by atoms with E-state index in [1.54, 1.807) is 0 Å². The first-order chi connectivity index (χ1) is 15.4. The number of carboxylic acids is 1. The number of halogens is 1. The predicted molar refractivity (Wildman–Crippen MR) is 120 cm³/mol. The van der Waals surface area contributed by atoms with Crippen LogP contribution in [0.2, 0.25) is 5.02 Å². The highest BCUT2D eigenvalue weighted by molar-refractivity contribution is 6.31. The lowest BCUT2D eigenvalue weighted by atomic mass is 9.62. The Morgan fingerprint density at radius 3 is 2.84 bits per heavy atom. The van der Waals surface area contributed by atoms with Crippen molar-refractivity contribution in [3.63, 3.8) is 0 Å². The van der Waals surface area contributed by atoms with E-state index in [0.717, 1.165) is 35.5 Å². The van der Waals surface area contributed by atoms with Crippen LogP contribution in [0.3, 0.4) is 0 Å². The van der Waals surface area contributed by atoms with E-state index < -0.39 is 5.97 Å². The van der Waals surface area contributed by atoms with Crippen LogP contribution in [0.5, 0.6) is 0 Å². The number of guanidine groups is 1. The smallest absolute Gasteiger partial charge is 0.305 e. The maximum absolute atomic E-state index is 12.7.